The molecule has 8 rings (SSSR count). The van der Waals surface area contributed by atoms with Crippen LogP contribution in [-0.4, -0.2) is 54.6 Å². The summed E-state index contributed by atoms with van der Waals surface area (Å²) in [6.45, 7) is 1.67. The number of hydrogen-bond acceptors (Lipinski definition) is 4. The van der Waals surface area contributed by atoms with Crippen LogP contribution in [0.5, 0.6) is 0 Å². The summed E-state index contributed by atoms with van der Waals surface area (Å²) in [4.78, 5) is 46.5. The standard InChI is InChI=1S/C32H36N6O2/c39-31(21-9-10-21)37-15-1-3-27(37)29-33-23-13-7-19(17-25(23)35-29)5-6-20-8-14-24-26(18-20)36-30(34-24)28-4-2-16-38(28)32(40)22-11-12-22/h7,11,13-14,17-18,20-21,27-28H,1-6,8-10,12,15-16H2,(H,33,35)(H,34,36)/t20?,27-,28-/m0/s1. The Hall–Kier alpha value is -3.68. The molecule has 2 aromatic heterocycles. The van der Waals surface area contributed by atoms with Gasteiger partial charge >= 0.3 is 0 Å². The second-order valence-corrected chi connectivity index (χ2v) is 12.4. The first-order chi connectivity index (χ1) is 19.6. The number of nitrogens with one attached hydrogen (secondary N) is 2. The van der Waals surface area contributed by atoms with Gasteiger partial charge in [-0.1, -0.05) is 24.3 Å². The number of aromatic nitrogens is 4. The van der Waals surface area contributed by atoms with E-state index >= 15 is 0 Å². The molecule has 1 saturated carbocycles. The van der Waals surface area contributed by atoms with E-state index in [9.17, 15) is 9.59 Å². The monoisotopic (exact) mass is 536 g/mol. The maximum atomic E-state index is 12.8. The molecule has 8 nitrogen and oxygen atoms in total. The fraction of sp³-hybridized carbons (Fsp3) is 0.500. The molecule has 0 radical (unpaired) electrons. The maximum absolute atomic E-state index is 12.8. The fourth-order valence-electron chi connectivity index (χ4n) is 6.95. The van der Waals surface area contributed by atoms with Crippen molar-refractivity contribution < 1.29 is 9.59 Å². The zero-order chi connectivity index (χ0) is 26.8. The second kappa shape index (κ2) is 9.46. The number of H-pyrrole nitrogens is 2. The van der Waals surface area contributed by atoms with E-state index in [0.717, 1.165) is 116 Å². The van der Waals surface area contributed by atoms with Crippen molar-refractivity contribution in [1.29, 1.82) is 0 Å². The highest BCUT2D eigenvalue weighted by atomic mass is 16.2. The van der Waals surface area contributed by atoms with Gasteiger partial charge in [0.15, 0.2) is 0 Å². The van der Waals surface area contributed by atoms with Gasteiger partial charge in [-0.15, -0.1) is 0 Å². The van der Waals surface area contributed by atoms with E-state index < -0.39 is 0 Å². The minimum absolute atomic E-state index is 0.0639. The summed E-state index contributed by atoms with van der Waals surface area (Å²) in [5.74, 6) is 3.09. The van der Waals surface area contributed by atoms with Crippen LogP contribution in [0.2, 0.25) is 0 Å². The summed E-state index contributed by atoms with van der Waals surface area (Å²) in [6.07, 6.45) is 16.6. The SMILES string of the molecule is O=C(C1=CC1)N1CCC[C@H]1c1nc2c([nH]1)=CC(CCc1ccc3nc([C@@H]4CCCN4C(=O)C4CC4)[nH]c3c1)CC=2. The van der Waals surface area contributed by atoms with Crippen LogP contribution in [0.25, 0.3) is 23.2 Å². The lowest BCUT2D eigenvalue weighted by Gasteiger charge is -2.23. The third-order valence-corrected chi connectivity index (χ3v) is 9.45. The first-order valence-electron chi connectivity index (χ1n) is 15.2. The number of benzene rings is 1. The molecule has 1 unspecified atom stereocenters. The third kappa shape index (κ3) is 4.38. The van der Waals surface area contributed by atoms with E-state index in [2.05, 4.69) is 45.2 Å². The van der Waals surface area contributed by atoms with E-state index in [1.165, 1.54) is 5.56 Å². The van der Waals surface area contributed by atoms with Crippen LogP contribution in [0.4, 0.5) is 0 Å². The first-order valence-corrected chi connectivity index (χ1v) is 15.2. The normalized spacial score (nSPS) is 25.5. The topological polar surface area (TPSA) is 98.0 Å². The molecule has 2 saturated heterocycles. The van der Waals surface area contributed by atoms with Gasteiger partial charge in [-0.3, -0.25) is 9.59 Å². The van der Waals surface area contributed by atoms with Crippen molar-refractivity contribution in [3.05, 3.63) is 57.8 Å². The van der Waals surface area contributed by atoms with Gasteiger partial charge in [0.25, 0.3) is 0 Å². The molecule has 0 bridgehead atoms. The molecule has 1 aromatic carbocycles. The Kier molecular flexibility index (Phi) is 5.71. The lowest BCUT2D eigenvalue weighted by Crippen LogP contribution is -2.32. The smallest absolute Gasteiger partial charge is 0.250 e. The van der Waals surface area contributed by atoms with Crippen molar-refractivity contribution in [3.63, 3.8) is 0 Å². The molecule has 5 aliphatic rings. The van der Waals surface area contributed by atoms with Crippen molar-refractivity contribution in [3.8, 4) is 0 Å². The molecule has 3 aromatic rings. The van der Waals surface area contributed by atoms with Gasteiger partial charge < -0.3 is 19.8 Å². The third-order valence-electron chi connectivity index (χ3n) is 9.45. The number of nitrogens with zero attached hydrogens (tertiary/aromatic N) is 4. The van der Waals surface area contributed by atoms with Crippen molar-refractivity contribution in [1.82, 2.24) is 29.7 Å². The van der Waals surface area contributed by atoms with Gasteiger partial charge in [0.1, 0.15) is 11.6 Å². The number of imidazole rings is 2. The summed E-state index contributed by atoms with van der Waals surface area (Å²) in [6, 6.07) is 6.71. The Morgan fingerprint density at radius 1 is 0.925 bits per heavy atom. The molecule has 0 spiro atoms. The van der Waals surface area contributed by atoms with Gasteiger partial charge in [-0.05, 0) is 87.8 Å². The number of hydrogen-bond donors (Lipinski definition) is 2. The Morgan fingerprint density at radius 2 is 1.70 bits per heavy atom. The number of amides is 2. The lowest BCUT2D eigenvalue weighted by atomic mass is 9.94. The summed E-state index contributed by atoms with van der Waals surface area (Å²) < 4.78 is 0. The van der Waals surface area contributed by atoms with E-state index in [1.807, 2.05) is 11.0 Å². The van der Waals surface area contributed by atoms with E-state index in [0.29, 0.717) is 11.8 Å². The Labute approximate surface area is 233 Å². The molecule has 2 N–H and O–H groups in total. The molecule has 2 amide bonds. The number of allylic oxidation sites excluding steroid dienone is 1. The number of likely N-dealkylation sites (tertiary alicyclic amines) is 2. The fourth-order valence-corrected chi connectivity index (χ4v) is 6.95. The van der Waals surface area contributed by atoms with Crippen molar-refractivity contribution in [2.24, 2.45) is 11.8 Å². The summed E-state index contributed by atoms with van der Waals surface area (Å²) in [5.41, 5.74) is 4.30. The molecule has 3 aliphatic carbocycles. The average Bonchev–Trinajstić information content (AvgIpc) is 3.77. The number of carbonyl (C=O) groups excluding carboxylic acids is 2. The van der Waals surface area contributed by atoms with E-state index in [4.69, 9.17) is 9.97 Å². The second-order valence-electron chi connectivity index (χ2n) is 12.4. The molecule has 2 aliphatic heterocycles. The highest BCUT2D eigenvalue weighted by molar-refractivity contribution is 5.97. The van der Waals surface area contributed by atoms with Crippen LogP contribution in [0, 0.1) is 11.8 Å². The van der Waals surface area contributed by atoms with Crippen molar-refractivity contribution in [2.45, 2.75) is 76.3 Å². The minimum Gasteiger partial charge on any atom is -0.340 e. The van der Waals surface area contributed by atoms with Gasteiger partial charge in [-0.25, -0.2) is 9.97 Å². The Bertz CT molecular complexity index is 1660. The van der Waals surface area contributed by atoms with Gasteiger partial charge in [0.05, 0.1) is 33.8 Å². The molecule has 3 fully saturated rings. The van der Waals surface area contributed by atoms with Crippen LogP contribution in [0.1, 0.15) is 87.1 Å². The van der Waals surface area contributed by atoms with Crippen LogP contribution >= 0.6 is 0 Å². The van der Waals surface area contributed by atoms with Crippen LogP contribution in [0.15, 0.2) is 29.8 Å². The van der Waals surface area contributed by atoms with Gasteiger partial charge in [0, 0.05) is 24.6 Å². The summed E-state index contributed by atoms with van der Waals surface area (Å²) >= 11 is 0. The average molecular weight is 537 g/mol. The minimum atomic E-state index is 0.0639. The predicted octanol–water partition coefficient (Wildman–Crippen LogP) is 3.57. The predicted molar refractivity (Wildman–Crippen MR) is 152 cm³/mol. The molecule has 40 heavy (non-hydrogen) atoms. The molecular weight excluding hydrogens is 500 g/mol. The summed E-state index contributed by atoms with van der Waals surface area (Å²) in [7, 11) is 0. The van der Waals surface area contributed by atoms with Crippen molar-refractivity contribution in [2.75, 3.05) is 13.1 Å². The molecule has 206 valence electrons. The number of aryl methyl sites for hydroxylation is 1. The van der Waals surface area contributed by atoms with Crippen LogP contribution in [0.3, 0.4) is 0 Å². The molecule has 4 heterocycles. The van der Waals surface area contributed by atoms with Crippen molar-refractivity contribution >= 4 is 35.0 Å². The number of rotatable bonds is 7. The molecular formula is C32H36N6O2. The first kappa shape index (κ1) is 24.1. The highest BCUT2D eigenvalue weighted by Gasteiger charge is 2.40. The van der Waals surface area contributed by atoms with E-state index in [-0.39, 0.29) is 23.9 Å². The Morgan fingerprint density at radius 3 is 2.50 bits per heavy atom. The van der Waals surface area contributed by atoms with Crippen LogP contribution < -0.4 is 10.7 Å². The quantitative estimate of drug-likeness (QED) is 0.483. The maximum Gasteiger partial charge on any atom is 0.250 e. The lowest BCUT2D eigenvalue weighted by molar-refractivity contribution is -0.133. The van der Waals surface area contributed by atoms with Gasteiger partial charge in [0.2, 0.25) is 11.8 Å². The Balaban J connectivity index is 0.950. The van der Waals surface area contributed by atoms with E-state index in [1.54, 1.807) is 0 Å². The molecule has 8 heteroatoms. The number of carbonyl (C=O) groups is 2. The number of aromatic amines is 2. The summed E-state index contributed by atoms with van der Waals surface area (Å²) in [5, 5.41) is 2.13. The zero-order valence-corrected chi connectivity index (χ0v) is 22.9. The zero-order valence-electron chi connectivity index (χ0n) is 22.9. The molecule has 3 atom stereocenters. The van der Waals surface area contributed by atoms with Gasteiger partial charge in [-0.2, -0.15) is 0 Å². The highest BCUT2D eigenvalue weighted by Crippen LogP contribution is 2.38. The number of fused-ring (bicyclic) bond motifs is 2. The van der Waals surface area contributed by atoms with Crippen LogP contribution in [-0.2, 0) is 16.0 Å². The largest absolute Gasteiger partial charge is 0.340 e.